The number of rotatable bonds is 10. The number of hydrogen-bond donors (Lipinski definition) is 2. The molecule has 0 aromatic heterocycles. The third kappa shape index (κ3) is 5.48. The molecule has 0 unspecified atom stereocenters. The Bertz CT molecular complexity index is 1010. The van der Waals surface area contributed by atoms with Crippen molar-refractivity contribution < 1.29 is 27.9 Å². The normalized spacial score (nSPS) is 16.2. The van der Waals surface area contributed by atoms with Gasteiger partial charge in [0, 0.05) is 19.6 Å². The minimum absolute atomic E-state index is 0.0394. The van der Waals surface area contributed by atoms with E-state index in [2.05, 4.69) is 11.8 Å². The van der Waals surface area contributed by atoms with Crippen LogP contribution in [0.1, 0.15) is 38.2 Å². The Kier molecular flexibility index (Phi) is 8.34. The van der Waals surface area contributed by atoms with Crippen LogP contribution in [0.2, 0.25) is 0 Å². The van der Waals surface area contributed by atoms with Gasteiger partial charge in [0.05, 0.1) is 18.6 Å². The Morgan fingerprint density at radius 3 is 2.21 bits per heavy atom. The summed E-state index contributed by atoms with van der Waals surface area (Å²) in [6.07, 6.45) is 2.06. The Balaban J connectivity index is 1.75. The zero-order valence-corrected chi connectivity index (χ0v) is 19.9. The average Bonchev–Trinajstić information content (AvgIpc) is 2.85. The maximum absolute atomic E-state index is 13.6. The lowest BCUT2D eigenvalue weighted by Crippen LogP contribution is -2.57. The molecular weight excluding hydrogens is 444 g/mol. The van der Waals surface area contributed by atoms with Crippen molar-refractivity contribution >= 4 is 15.7 Å². The molecule has 1 saturated heterocycles. The lowest BCUT2D eigenvalue weighted by atomic mass is 9.94. The number of amides is 1. The fourth-order valence-corrected chi connectivity index (χ4v) is 6.01. The van der Waals surface area contributed by atoms with Crippen LogP contribution in [0.4, 0.5) is 0 Å². The molecule has 1 heterocycles. The van der Waals surface area contributed by atoms with Crippen molar-refractivity contribution in [2.24, 2.45) is 0 Å². The monoisotopic (exact) mass is 476 g/mol. The van der Waals surface area contributed by atoms with Crippen LogP contribution in [-0.2, 0) is 21.2 Å². The first kappa shape index (κ1) is 25.0. The van der Waals surface area contributed by atoms with Crippen LogP contribution in [0.25, 0.3) is 0 Å². The van der Waals surface area contributed by atoms with Gasteiger partial charge in [-0.2, -0.15) is 0 Å². The summed E-state index contributed by atoms with van der Waals surface area (Å²) in [6.45, 7) is 4.05. The van der Waals surface area contributed by atoms with E-state index >= 15 is 0 Å². The minimum Gasteiger partial charge on any atom is -0.497 e. The highest BCUT2D eigenvalue weighted by Crippen LogP contribution is 2.37. The first-order chi connectivity index (χ1) is 15.9. The maximum atomic E-state index is 13.6. The fourth-order valence-electron chi connectivity index (χ4n) is 4.06. The molecule has 0 aliphatic carbocycles. The number of piperidine rings is 1. The lowest BCUT2D eigenvalue weighted by Gasteiger charge is -2.39. The van der Waals surface area contributed by atoms with E-state index in [9.17, 15) is 18.4 Å². The third-order valence-corrected chi connectivity index (χ3v) is 8.67. The van der Waals surface area contributed by atoms with Crippen molar-refractivity contribution in [2.75, 3.05) is 26.8 Å². The quantitative estimate of drug-likeness (QED) is 0.308. The minimum atomic E-state index is -4.05. The van der Waals surface area contributed by atoms with Crippen LogP contribution >= 0.6 is 0 Å². The number of methoxy groups -OCH3 is 1. The van der Waals surface area contributed by atoms with Gasteiger partial charge in [-0.05, 0) is 61.2 Å². The number of hydroxylamine groups is 1. The van der Waals surface area contributed by atoms with E-state index < -0.39 is 20.5 Å². The predicted molar refractivity (Wildman–Crippen MR) is 124 cm³/mol. The van der Waals surface area contributed by atoms with Crippen molar-refractivity contribution in [3.63, 3.8) is 0 Å². The third-order valence-electron chi connectivity index (χ3n) is 6.16. The standard InChI is InChI=1S/C24H32N2O6S/c1-3-4-17-32-21-9-11-22(12-10-21)33(29,30)24(23(27)25-28)13-15-26(16-14-24)18-19-5-7-20(31-2)8-6-19/h5-12,28H,3-4,13-18H2,1-2H3,(H,25,27). The van der Waals surface area contributed by atoms with Gasteiger partial charge in [0.2, 0.25) is 0 Å². The highest BCUT2D eigenvalue weighted by Gasteiger charge is 2.52. The summed E-state index contributed by atoms with van der Waals surface area (Å²) in [4.78, 5) is 14.8. The Hall–Kier alpha value is -2.62. The summed E-state index contributed by atoms with van der Waals surface area (Å²) in [7, 11) is -2.44. The topological polar surface area (TPSA) is 105 Å². The van der Waals surface area contributed by atoms with Crippen LogP contribution in [0.15, 0.2) is 53.4 Å². The number of sulfone groups is 1. The van der Waals surface area contributed by atoms with Crippen molar-refractivity contribution in [2.45, 2.75) is 48.8 Å². The van der Waals surface area contributed by atoms with Crippen molar-refractivity contribution in [3.8, 4) is 11.5 Å². The summed E-state index contributed by atoms with van der Waals surface area (Å²) < 4.78 is 36.2. The van der Waals surface area contributed by atoms with Gasteiger partial charge in [-0.25, -0.2) is 13.9 Å². The van der Waals surface area contributed by atoms with Crippen molar-refractivity contribution in [3.05, 3.63) is 54.1 Å². The van der Waals surface area contributed by atoms with Crippen LogP contribution in [0.3, 0.4) is 0 Å². The zero-order valence-electron chi connectivity index (χ0n) is 19.1. The SMILES string of the molecule is CCCCOc1ccc(S(=O)(=O)C2(C(=O)NO)CCN(Cc3ccc(OC)cc3)CC2)cc1. The molecule has 0 spiro atoms. The van der Waals surface area contributed by atoms with E-state index in [-0.39, 0.29) is 17.7 Å². The number of carbonyl (C=O) groups is 1. The van der Waals surface area contributed by atoms with Crippen molar-refractivity contribution in [1.82, 2.24) is 10.4 Å². The molecule has 1 amide bonds. The molecule has 180 valence electrons. The zero-order chi connectivity index (χ0) is 23.9. The molecule has 3 rings (SSSR count). The summed E-state index contributed by atoms with van der Waals surface area (Å²) in [6, 6.07) is 13.8. The summed E-state index contributed by atoms with van der Waals surface area (Å²) in [5.41, 5.74) is 2.67. The lowest BCUT2D eigenvalue weighted by molar-refractivity contribution is -0.133. The largest absolute Gasteiger partial charge is 0.497 e. The summed E-state index contributed by atoms with van der Waals surface area (Å²) >= 11 is 0. The first-order valence-electron chi connectivity index (χ1n) is 11.1. The molecule has 0 bridgehead atoms. The molecule has 1 fully saturated rings. The fraction of sp³-hybridized carbons (Fsp3) is 0.458. The molecule has 1 aliphatic heterocycles. The van der Waals surface area contributed by atoms with Crippen LogP contribution in [-0.4, -0.2) is 56.0 Å². The van der Waals surface area contributed by atoms with Crippen molar-refractivity contribution in [1.29, 1.82) is 0 Å². The Morgan fingerprint density at radius 1 is 1.06 bits per heavy atom. The molecule has 8 nitrogen and oxygen atoms in total. The number of likely N-dealkylation sites (tertiary alicyclic amines) is 1. The number of nitrogens with one attached hydrogen (secondary N) is 1. The second kappa shape index (κ2) is 11.0. The molecular formula is C24H32N2O6S. The molecule has 2 aromatic carbocycles. The molecule has 2 aromatic rings. The van der Waals surface area contributed by atoms with Crippen LogP contribution in [0.5, 0.6) is 11.5 Å². The maximum Gasteiger partial charge on any atom is 0.265 e. The van der Waals surface area contributed by atoms with Crippen LogP contribution in [0, 0.1) is 0 Å². The van der Waals surface area contributed by atoms with Gasteiger partial charge in [0.1, 0.15) is 11.5 Å². The van der Waals surface area contributed by atoms with Crippen LogP contribution < -0.4 is 15.0 Å². The predicted octanol–water partition coefficient (Wildman–Crippen LogP) is 3.19. The highest BCUT2D eigenvalue weighted by atomic mass is 32.2. The van der Waals surface area contributed by atoms with Gasteiger partial charge in [0.25, 0.3) is 5.91 Å². The number of carbonyl (C=O) groups excluding carboxylic acids is 1. The number of unbranched alkanes of at least 4 members (excludes halogenated alkanes) is 1. The molecule has 0 atom stereocenters. The van der Waals surface area contributed by atoms with E-state index in [1.54, 1.807) is 24.7 Å². The van der Waals surface area contributed by atoms with E-state index in [0.29, 0.717) is 32.0 Å². The Morgan fingerprint density at radius 2 is 1.67 bits per heavy atom. The van der Waals surface area contributed by atoms with E-state index in [0.717, 1.165) is 24.2 Å². The Labute approximate surface area is 195 Å². The van der Waals surface area contributed by atoms with E-state index in [4.69, 9.17) is 9.47 Å². The molecule has 1 aliphatic rings. The molecule has 9 heteroatoms. The number of hydrogen-bond acceptors (Lipinski definition) is 7. The van der Waals surface area contributed by atoms with Gasteiger partial charge in [-0.15, -0.1) is 0 Å². The van der Waals surface area contributed by atoms with E-state index in [1.165, 1.54) is 12.1 Å². The molecule has 0 radical (unpaired) electrons. The highest BCUT2D eigenvalue weighted by molar-refractivity contribution is 7.93. The number of nitrogens with zero attached hydrogens (tertiary/aromatic N) is 1. The summed E-state index contributed by atoms with van der Waals surface area (Å²) in [5.74, 6) is 0.455. The molecule has 33 heavy (non-hydrogen) atoms. The van der Waals surface area contributed by atoms with Gasteiger partial charge >= 0.3 is 0 Å². The van der Waals surface area contributed by atoms with Gasteiger partial charge in [-0.3, -0.25) is 14.9 Å². The molecule has 0 saturated carbocycles. The number of benzene rings is 2. The van der Waals surface area contributed by atoms with Gasteiger partial charge < -0.3 is 9.47 Å². The summed E-state index contributed by atoms with van der Waals surface area (Å²) in [5, 5.41) is 9.37. The number of ether oxygens (including phenoxy) is 2. The van der Waals surface area contributed by atoms with E-state index in [1.807, 2.05) is 24.3 Å². The second-order valence-electron chi connectivity index (χ2n) is 8.24. The molecule has 2 N–H and O–H groups in total. The first-order valence-corrected chi connectivity index (χ1v) is 12.6. The van der Waals surface area contributed by atoms with Gasteiger partial charge in [-0.1, -0.05) is 25.5 Å². The van der Waals surface area contributed by atoms with Gasteiger partial charge in [0.15, 0.2) is 14.6 Å². The average molecular weight is 477 g/mol. The second-order valence-corrected chi connectivity index (χ2v) is 10.5. The smallest absolute Gasteiger partial charge is 0.265 e.